The third-order valence-corrected chi connectivity index (χ3v) is 3.35. The highest BCUT2D eigenvalue weighted by atomic mass is 35.5. The molecule has 0 radical (unpaired) electrons. The van der Waals surface area contributed by atoms with Crippen LogP contribution in [0.1, 0.15) is 10.4 Å². The standard InChI is InChI=1S/C13H6Cl4O/c14-8-1-7(2-9(15)3-8)11-4-10(16)5-13(17)12(11)6-18/h1-6H. The molecule has 0 bridgehead atoms. The fourth-order valence-corrected chi connectivity index (χ4v) is 2.72. The summed E-state index contributed by atoms with van der Waals surface area (Å²) in [6.45, 7) is 0. The summed E-state index contributed by atoms with van der Waals surface area (Å²) in [6.07, 6.45) is 0.683. The number of carbonyl (C=O) groups is 1. The molecule has 0 aliphatic carbocycles. The third-order valence-electron chi connectivity index (χ3n) is 2.39. The number of aldehydes is 1. The van der Waals surface area contributed by atoms with Crippen molar-refractivity contribution in [2.45, 2.75) is 0 Å². The molecule has 0 amide bonds. The van der Waals surface area contributed by atoms with Crippen LogP contribution in [0.3, 0.4) is 0 Å². The molecular weight excluding hydrogens is 314 g/mol. The molecule has 0 N–H and O–H groups in total. The average molecular weight is 320 g/mol. The number of hydrogen-bond acceptors (Lipinski definition) is 1. The van der Waals surface area contributed by atoms with E-state index in [0.29, 0.717) is 43.1 Å². The molecule has 0 heterocycles. The molecule has 0 atom stereocenters. The van der Waals surface area contributed by atoms with Gasteiger partial charge in [0.1, 0.15) is 0 Å². The van der Waals surface area contributed by atoms with Crippen molar-refractivity contribution >= 4 is 52.7 Å². The fraction of sp³-hybridized carbons (Fsp3) is 0. The van der Waals surface area contributed by atoms with Gasteiger partial charge in [-0.3, -0.25) is 4.79 Å². The summed E-state index contributed by atoms with van der Waals surface area (Å²) in [5.41, 5.74) is 1.66. The minimum Gasteiger partial charge on any atom is -0.298 e. The van der Waals surface area contributed by atoms with E-state index >= 15 is 0 Å². The van der Waals surface area contributed by atoms with Crippen molar-refractivity contribution in [1.82, 2.24) is 0 Å². The minimum atomic E-state index is 0.295. The Labute approximate surface area is 124 Å². The molecule has 1 nitrogen and oxygen atoms in total. The first-order valence-electron chi connectivity index (χ1n) is 4.92. The molecule has 0 spiro atoms. The van der Waals surface area contributed by atoms with Crippen molar-refractivity contribution in [3.63, 3.8) is 0 Å². The zero-order valence-electron chi connectivity index (χ0n) is 8.88. The van der Waals surface area contributed by atoms with Gasteiger partial charge in [0.05, 0.1) is 5.02 Å². The fourth-order valence-electron chi connectivity index (χ4n) is 1.65. The van der Waals surface area contributed by atoms with Crippen molar-refractivity contribution in [3.8, 4) is 11.1 Å². The quantitative estimate of drug-likeness (QED) is 0.641. The Bertz CT molecular complexity index is 602. The van der Waals surface area contributed by atoms with E-state index in [2.05, 4.69) is 0 Å². The smallest absolute Gasteiger partial charge is 0.152 e. The lowest BCUT2D eigenvalue weighted by atomic mass is 10.0. The molecule has 0 fully saturated rings. The van der Waals surface area contributed by atoms with Crippen LogP contribution in [0.25, 0.3) is 11.1 Å². The Hall–Kier alpha value is -0.730. The van der Waals surface area contributed by atoms with Gasteiger partial charge < -0.3 is 0 Å². The largest absolute Gasteiger partial charge is 0.298 e. The highest BCUT2D eigenvalue weighted by Gasteiger charge is 2.11. The highest BCUT2D eigenvalue weighted by molar-refractivity contribution is 6.37. The topological polar surface area (TPSA) is 17.1 Å². The second-order valence-electron chi connectivity index (χ2n) is 3.62. The molecule has 2 rings (SSSR count). The third kappa shape index (κ3) is 2.81. The van der Waals surface area contributed by atoms with Crippen LogP contribution in [0.2, 0.25) is 20.1 Å². The normalized spacial score (nSPS) is 10.4. The van der Waals surface area contributed by atoms with Crippen LogP contribution in [0, 0.1) is 0 Å². The van der Waals surface area contributed by atoms with E-state index in [1.165, 1.54) is 6.07 Å². The van der Waals surface area contributed by atoms with Crippen molar-refractivity contribution in [3.05, 3.63) is 56.0 Å². The van der Waals surface area contributed by atoms with Gasteiger partial charge in [-0.15, -0.1) is 0 Å². The summed E-state index contributed by atoms with van der Waals surface area (Å²) in [5, 5.41) is 1.69. The van der Waals surface area contributed by atoms with Crippen LogP contribution in [0.15, 0.2) is 30.3 Å². The predicted octanol–water partition coefficient (Wildman–Crippen LogP) is 5.78. The summed E-state index contributed by atoms with van der Waals surface area (Å²) in [7, 11) is 0. The SMILES string of the molecule is O=Cc1c(Cl)cc(Cl)cc1-c1cc(Cl)cc(Cl)c1. The van der Waals surface area contributed by atoms with E-state index in [0.717, 1.165) is 0 Å². The summed E-state index contributed by atoms with van der Waals surface area (Å²) in [6, 6.07) is 8.17. The molecule has 0 aliphatic heterocycles. The first-order chi connectivity index (χ1) is 8.51. The highest BCUT2D eigenvalue weighted by Crippen LogP contribution is 2.34. The summed E-state index contributed by atoms with van der Waals surface area (Å²) in [4.78, 5) is 11.1. The lowest BCUT2D eigenvalue weighted by molar-refractivity contribution is 0.112. The van der Waals surface area contributed by atoms with Gasteiger partial charge in [0.25, 0.3) is 0 Å². The Morgan fingerprint density at radius 1 is 0.778 bits per heavy atom. The molecule has 2 aromatic carbocycles. The summed E-state index contributed by atoms with van der Waals surface area (Å²) in [5.74, 6) is 0. The first kappa shape index (κ1) is 13.7. The van der Waals surface area contributed by atoms with Gasteiger partial charge in [-0.25, -0.2) is 0 Å². The molecule has 0 aliphatic rings. The molecule has 5 heteroatoms. The summed E-state index contributed by atoms with van der Waals surface area (Å²) < 4.78 is 0. The van der Waals surface area contributed by atoms with Crippen LogP contribution >= 0.6 is 46.4 Å². The lowest BCUT2D eigenvalue weighted by Crippen LogP contribution is -1.90. The van der Waals surface area contributed by atoms with Crippen LogP contribution in [-0.2, 0) is 0 Å². The number of carbonyl (C=O) groups excluding carboxylic acids is 1. The van der Waals surface area contributed by atoms with Crippen LogP contribution in [-0.4, -0.2) is 6.29 Å². The van der Waals surface area contributed by atoms with Gasteiger partial charge in [-0.1, -0.05) is 46.4 Å². The lowest BCUT2D eigenvalue weighted by Gasteiger charge is -2.09. The van der Waals surface area contributed by atoms with Gasteiger partial charge >= 0.3 is 0 Å². The first-order valence-corrected chi connectivity index (χ1v) is 6.43. The monoisotopic (exact) mass is 318 g/mol. The van der Waals surface area contributed by atoms with Crippen molar-refractivity contribution < 1.29 is 4.79 Å². The summed E-state index contributed by atoms with van der Waals surface area (Å²) >= 11 is 23.8. The minimum absolute atomic E-state index is 0.295. The Morgan fingerprint density at radius 3 is 1.89 bits per heavy atom. The van der Waals surface area contributed by atoms with E-state index < -0.39 is 0 Å². The van der Waals surface area contributed by atoms with E-state index in [1.54, 1.807) is 24.3 Å². The molecule has 0 saturated carbocycles. The maximum Gasteiger partial charge on any atom is 0.152 e. The average Bonchev–Trinajstić information content (AvgIpc) is 2.26. The molecule has 0 saturated heterocycles. The Kier molecular flexibility index (Phi) is 4.18. The number of hydrogen-bond donors (Lipinski definition) is 0. The predicted molar refractivity (Wildman–Crippen MR) is 77.3 cm³/mol. The van der Waals surface area contributed by atoms with Crippen molar-refractivity contribution in [1.29, 1.82) is 0 Å². The molecule has 0 aromatic heterocycles. The Morgan fingerprint density at radius 2 is 1.33 bits per heavy atom. The maximum atomic E-state index is 11.1. The number of halogens is 4. The van der Waals surface area contributed by atoms with E-state index in [9.17, 15) is 4.79 Å². The molecule has 0 unspecified atom stereocenters. The van der Waals surface area contributed by atoms with Gasteiger partial charge in [0.2, 0.25) is 0 Å². The number of benzene rings is 2. The maximum absolute atomic E-state index is 11.1. The van der Waals surface area contributed by atoms with E-state index in [1.807, 2.05) is 0 Å². The molecular formula is C13H6Cl4O. The molecule has 92 valence electrons. The molecule has 2 aromatic rings. The zero-order valence-corrected chi connectivity index (χ0v) is 11.9. The van der Waals surface area contributed by atoms with Crippen molar-refractivity contribution in [2.75, 3.05) is 0 Å². The second-order valence-corrected chi connectivity index (χ2v) is 5.34. The van der Waals surface area contributed by atoms with Crippen LogP contribution < -0.4 is 0 Å². The van der Waals surface area contributed by atoms with Gasteiger partial charge in [-0.05, 0) is 41.5 Å². The van der Waals surface area contributed by atoms with E-state index in [-0.39, 0.29) is 0 Å². The zero-order chi connectivity index (χ0) is 13.3. The number of rotatable bonds is 2. The van der Waals surface area contributed by atoms with Crippen LogP contribution in [0.5, 0.6) is 0 Å². The molecule has 18 heavy (non-hydrogen) atoms. The van der Waals surface area contributed by atoms with Gasteiger partial charge in [0.15, 0.2) is 6.29 Å². The second kappa shape index (κ2) is 5.50. The van der Waals surface area contributed by atoms with Gasteiger partial charge in [-0.2, -0.15) is 0 Å². The van der Waals surface area contributed by atoms with Crippen LogP contribution in [0.4, 0.5) is 0 Å². The van der Waals surface area contributed by atoms with Crippen molar-refractivity contribution in [2.24, 2.45) is 0 Å². The van der Waals surface area contributed by atoms with E-state index in [4.69, 9.17) is 46.4 Å². The Balaban J connectivity index is 2.73. The van der Waals surface area contributed by atoms with Gasteiger partial charge in [0, 0.05) is 20.6 Å².